The standard InChI is InChI=1S/C22H27N5O6/c28-20(29)14-26-9-7-25(11-18-5-2-6-19(24-18)22(32)33)8-10-27(15-21(30)31)13-17-4-1-3-16(12-26)23-17/h1-6H,7-15H2,(H,28,29)(H,30,31)(H,32,33). The molecule has 3 rings (SSSR count). The summed E-state index contributed by atoms with van der Waals surface area (Å²) in [5.41, 5.74) is 1.95. The van der Waals surface area contributed by atoms with Crippen molar-refractivity contribution >= 4 is 17.9 Å². The molecule has 0 fully saturated rings. The Morgan fingerprint density at radius 3 is 1.76 bits per heavy atom. The van der Waals surface area contributed by atoms with Crippen LogP contribution in [-0.2, 0) is 29.2 Å². The maximum absolute atomic E-state index is 11.4. The molecule has 0 spiro atoms. The van der Waals surface area contributed by atoms with Crippen molar-refractivity contribution in [1.29, 1.82) is 0 Å². The van der Waals surface area contributed by atoms with Gasteiger partial charge in [-0.1, -0.05) is 12.1 Å². The monoisotopic (exact) mass is 457 g/mol. The van der Waals surface area contributed by atoms with E-state index in [1.807, 2.05) is 23.1 Å². The molecule has 11 nitrogen and oxygen atoms in total. The Balaban J connectivity index is 1.84. The molecule has 2 bridgehead atoms. The molecule has 0 saturated carbocycles. The number of aromatic nitrogens is 2. The third-order valence-corrected chi connectivity index (χ3v) is 5.23. The molecule has 2 aromatic heterocycles. The summed E-state index contributed by atoms with van der Waals surface area (Å²) in [5, 5.41) is 27.9. The van der Waals surface area contributed by atoms with Crippen molar-refractivity contribution in [2.75, 3.05) is 39.3 Å². The number of hydrogen-bond acceptors (Lipinski definition) is 8. The number of hydrogen-bond donors (Lipinski definition) is 3. The lowest BCUT2D eigenvalue weighted by atomic mass is 10.2. The van der Waals surface area contributed by atoms with Gasteiger partial charge >= 0.3 is 17.9 Å². The van der Waals surface area contributed by atoms with Gasteiger partial charge in [0.15, 0.2) is 0 Å². The van der Waals surface area contributed by atoms with Crippen molar-refractivity contribution in [3.63, 3.8) is 0 Å². The lowest BCUT2D eigenvalue weighted by molar-refractivity contribution is -0.139. The second kappa shape index (κ2) is 11.5. The van der Waals surface area contributed by atoms with Crippen LogP contribution in [0.3, 0.4) is 0 Å². The Morgan fingerprint density at radius 2 is 1.24 bits per heavy atom. The van der Waals surface area contributed by atoms with Gasteiger partial charge in [0.2, 0.25) is 0 Å². The van der Waals surface area contributed by atoms with E-state index in [9.17, 15) is 29.7 Å². The van der Waals surface area contributed by atoms with Crippen LogP contribution in [0.15, 0.2) is 36.4 Å². The van der Waals surface area contributed by atoms with Crippen LogP contribution >= 0.6 is 0 Å². The van der Waals surface area contributed by atoms with E-state index in [4.69, 9.17) is 0 Å². The number of nitrogens with zero attached hydrogens (tertiary/aromatic N) is 5. The number of aliphatic carboxylic acids is 2. The number of carboxylic acid groups (broad SMARTS) is 3. The zero-order chi connectivity index (χ0) is 23.8. The first-order valence-corrected chi connectivity index (χ1v) is 10.5. The molecular weight excluding hydrogens is 430 g/mol. The Kier molecular flexibility index (Phi) is 8.41. The van der Waals surface area contributed by atoms with E-state index in [2.05, 4.69) is 9.97 Å². The summed E-state index contributed by atoms with van der Waals surface area (Å²) in [6.45, 7) is 2.63. The highest BCUT2D eigenvalue weighted by molar-refractivity contribution is 5.85. The zero-order valence-corrected chi connectivity index (χ0v) is 18.1. The van der Waals surface area contributed by atoms with Crippen LogP contribution in [0.1, 0.15) is 27.6 Å². The minimum atomic E-state index is -1.11. The molecule has 1 aliphatic heterocycles. The SMILES string of the molecule is O=C(O)CN1CCN(Cc2cccc(C(=O)O)n2)CCN(CC(=O)O)Cc2cccc(n2)C1. The average molecular weight is 457 g/mol. The van der Waals surface area contributed by atoms with Crippen LogP contribution in [0.2, 0.25) is 0 Å². The third-order valence-electron chi connectivity index (χ3n) is 5.23. The first kappa shape index (κ1) is 24.2. The topological polar surface area (TPSA) is 147 Å². The maximum Gasteiger partial charge on any atom is 0.354 e. The first-order valence-electron chi connectivity index (χ1n) is 10.5. The Morgan fingerprint density at radius 1 is 0.727 bits per heavy atom. The smallest absolute Gasteiger partial charge is 0.354 e. The molecule has 3 heterocycles. The second-order valence-corrected chi connectivity index (χ2v) is 7.92. The summed E-state index contributed by atoms with van der Waals surface area (Å²) in [6, 6.07) is 10.3. The van der Waals surface area contributed by atoms with Crippen molar-refractivity contribution in [3.05, 3.63) is 59.2 Å². The highest BCUT2D eigenvalue weighted by Crippen LogP contribution is 2.11. The number of fused-ring (bicyclic) bond motifs is 2. The predicted octanol–water partition coefficient (Wildman–Crippen LogP) is 0.464. The minimum Gasteiger partial charge on any atom is -0.480 e. The molecule has 0 aliphatic carbocycles. The molecule has 1 aliphatic rings. The molecule has 176 valence electrons. The number of carbonyl (C=O) groups is 3. The van der Waals surface area contributed by atoms with E-state index >= 15 is 0 Å². The maximum atomic E-state index is 11.4. The van der Waals surface area contributed by atoms with Gasteiger partial charge in [0.25, 0.3) is 0 Å². The summed E-state index contributed by atoms with van der Waals surface area (Å²) in [4.78, 5) is 48.4. The van der Waals surface area contributed by atoms with Crippen molar-refractivity contribution in [2.24, 2.45) is 0 Å². The lowest BCUT2D eigenvalue weighted by Crippen LogP contribution is -2.42. The van der Waals surface area contributed by atoms with Crippen LogP contribution < -0.4 is 0 Å². The quantitative estimate of drug-likeness (QED) is 0.533. The van der Waals surface area contributed by atoms with Crippen LogP contribution in [0.5, 0.6) is 0 Å². The van der Waals surface area contributed by atoms with Crippen LogP contribution in [0.4, 0.5) is 0 Å². The second-order valence-electron chi connectivity index (χ2n) is 7.92. The molecule has 0 amide bonds. The fraction of sp³-hybridized carbons (Fsp3) is 0.409. The molecule has 0 unspecified atom stereocenters. The van der Waals surface area contributed by atoms with E-state index in [0.29, 0.717) is 62.9 Å². The van der Waals surface area contributed by atoms with Gasteiger partial charge in [-0.25, -0.2) is 9.78 Å². The number of aromatic carboxylic acids is 1. The van der Waals surface area contributed by atoms with Gasteiger partial charge in [-0.3, -0.25) is 29.3 Å². The molecular formula is C22H27N5O6. The van der Waals surface area contributed by atoms with Crippen molar-refractivity contribution in [1.82, 2.24) is 24.7 Å². The Labute approximate surface area is 190 Å². The molecule has 3 N–H and O–H groups in total. The summed E-state index contributed by atoms with van der Waals surface area (Å²) < 4.78 is 0. The van der Waals surface area contributed by atoms with E-state index in [-0.39, 0.29) is 18.8 Å². The Bertz CT molecular complexity index is 955. The molecule has 0 aromatic carbocycles. The van der Waals surface area contributed by atoms with Gasteiger partial charge in [-0.05, 0) is 24.3 Å². The number of rotatable bonds is 7. The molecule has 0 radical (unpaired) electrons. The van der Waals surface area contributed by atoms with Crippen molar-refractivity contribution < 1.29 is 29.7 Å². The van der Waals surface area contributed by atoms with E-state index in [1.165, 1.54) is 6.07 Å². The lowest BCUT2D eigenvalue weighted by Gasteiger charge is -2.30. The van der Waals surface area contributed by atoms with Gasteiger partial charge < -0.3 is 15.3 Å². The summed E-state index contributed by atoms with van der Waals surface area (Å²) >= 11 is 0. The van der Waals surface area contributed by atoms with E-state index < -0.39 is 17.9 Å². The fourth-order valence-electron chi connectivity index (χ4n) is 3.73. The van der Waals surface area contributed by atoms with Gasteiger partial charge in [-0.15, -0.1) is 0 Å². The molecule has 2 aromatic rings. The first-order chi connectivity index (χ1) is 15.8. The average Bonchev–Trinajstić information content (AvgIpc) is 2.74. The van der Waals surface area contributed by atoms with Crippen molar-refractivity contribution in [3.8, 4) is 0 Å². The normalized spacial score (nSPS) is 16.5. The fourth-order valence-corrected chi connectivity index (χ4v) is 3.73. The van der Waals surface area contributed by atoms with Gasteiger partial charge in [-0.2, -0.15) is 0 Å². The third kappa shape index (κ3) is 7.90. The molecule has 11 heteroatoms. The molecule has 0 saturated heterocycles. The highest BCUT2D eigenvalue weighted by Gasteiger charge is 2.19. The summed E-state index contributed by atoms with van der Waals surface area (Å²) in [5.74, 6) is -2.99. The van der Waals surface area contributed by atoms with Gasteiger partial charge in [0, 0.05) is 45.8 Å². The largest absolute Gasteiger partial charge is 0.480 e. The number of carboxylic acids is 3. The van der Waals surface area contributed by atoms with Crippen LogP contribution in [-0.4, -0.2) is 97.2 Å². The Hall–Kier alpha value is -3.41. The predicted molar refractivity (Wildman–Crippen MR) is 117 cm³/mol. The molecule has 0 atom stereocenters. The van der Waals surface area contributed by atoms with Crippen LogP contribution in [0, 0.1) is 0 Å². The summed E-state index contributed by atoms with van der Waals surface area (Å²) in [6.07, 6.45) is 0. The van der Waals surface area contributed by atoms with Crippen molar-refractivity contribution in [2.45, 2.75) is 19.6 Å². The van der Waals surface area contributed by atoms with Gasteiger partial charge in [0.1, 0.15) is 5.69 Å². The van der Waals surface area contributed by atoms with E-state index in [1.54, 1.807) is 21.9 Å². The number of pyridine rings is 2. The molecule has 33 heavy (non-hydrogen) atoms. The summed E-state index contributed by atoms with van der Waals surface area (Å²) in [7, 11) is 0. The van der Waals surface area contributed by atoms with Gasteiger partial charge in [0.05, 0.1) is 30.2 Å². The minimum absolute atomic E-state index is 0.0496. The van der Waals surface area contributed by atoms with Crippen LogP contribution in [0.25, 0.3) is 0 Å². The highest BCUT2D eigenvalue weighted by atomic mass is 16.4. The van der Waals surface area contributed by atoms with E-state index in [0.717, 1.165) is 0 Å². The zero-order valence-electron chi connectivity index (χ0n) is 18.1.